The van der Waals surface area contributed by atoms with Gasteiger partial charge in [-0.25, -0.2) is 4.79 Å². The highest BCUT2D eigenvalue weighted by molar-refractivity contribution is 5.66. The molecular formula is C12H24N2O2. The molecule has 0 heterocycles. The average Bonchev–Trinajstić information content (AvgIpc) is 1.96. The van der Waals surface area contributed by atoms with Crippen LogP contribution in [0.1, 0.15) is 47.0 Å². The summed E-state index contributed by atoms with van der Waals surface area (Å²) in [6.45, 7) is 7.64. The largest absolute Gasteiger partial charge is 0.465 e. The van der Waals surface area contributed by atoms with E-state index in [1.807, 2.05) is 27.7 Å². The molecule has 0 aromatic carbocycles. The topological polar surface area (TPSA) is 66.6 Å². The Bertz CT molecular complexity index is 256. The minimum absolute atomic E-state index is 0.0379. The summed E-state index contributed by atoms with van der Waals surface area (Å²) in [6.07, 6.45) is 2.63. The number of carboxylic acid groups (broad SMARTS) is 1. The van der Waals surface area contributed by atoms with Crippen molar-refractivity contribution in [1.82, 2.24) is 4.90 Å². The summed E-state index contributed by atoms with van der Waals surface area (Å²) >= 11 is 0. The molecule has 3 N–H and O–H groups in total. The molecule has 1 fully saturated rings. The van der Waals surface area contributed by atoms with Crippen molar-refractivity contribution in [3.63, 3.8) is 0 Å². The molecule has 0 bridgehead atoms. The van der Waals surface area contributed by atoms with Crippen molar-refractivity contribution in [1.29, 1.82) is 0 Å². The molecule has 1 rings (SSSR count). The van der Waals surface area contributed by atoms with Gasteiger partial charge in [0.25, 0.3) is 0 Å². The smallest absolute Gasteiger partial charge is 0.408 e. The van der Waals surface area contributed by atoms with E-state index in [1.165, 1.54) is 11.3 Å². The number of hydrogen-bond acceptors (Lipinski definition) is 2. The molecule has 16 heavy (non-hydrogen) atoms. The van der Waals surface area contributed by atoms with E-state index in [0.29, 0.717) is 5.92 Å². The highest BCUT2D eigenvalue weighted by atomic mass is 16.4. The lowest BCUT2D eigenvalue weighted by Gasteiger charge is -2.44. The maximum Gasteiger partial charge on any atom is 0.408 e. The average molecular weight is 228 g/mol. The van der Waals surface area contributed by atoms with Crippen LogP contribution < -0.4 is 5.73 Å². The fraction of sp³-hybridized carbons (Fsp3) is 0.917. The van der Waals surface area contributed by atoms with Gasteiger partial charge in [0.15, 0.2) is 0 Å². The Hall–Kier alpha value is -0.770. The summed E-state index contributed by atoms with van der Waals surface area (Å²) in [7, 11) is 0. The summed E-state index contributed by atoms with van der Waals surface area (Å²) in [5, 5.41) is 9.27. The number of rotatable bonds is 3. The van der Waals surface area contributed by atoms with Gasteiger partial charge in [0.2, 0.25) is 0 Å². The first-order chi connectivity index (χ1) is 7.25. The highest BCUT2D eigenvalue weighted by Gasteiger charge is 2.37. The minimum atomic E-state index is -0.880. The van der Waals surface area contributed by atoms with Crippen LogP contribution in [0.15, 0.2) is 0 Å². The van der Waals surface area contributed by atoms with Crippen molar-refractivity contribution < 1.29 is 9.90 Å². The predicted molar refractivity (Wildman–Crippen MR) is 64.4 cm³/mol. The molecular weight excluding hydrogens is 204 g/mol. The Morgan fingerprint density at radius 1 is 1.44 bits per heavy atom. The van der Waals surface area contributed by atoms with E-state index in [2.05, 4.69) is 0 Å². The van der Waals surface area contributed by atoms with E-state index < -0.39 is 11.6 Å². The lowest BCUT2D eigenvalue weighted by Crippen LogP contribution is -2.58. The quantitative estimate of drug-likeness (QED) is 0.778. The zero-order valence-corrected chi connectivity index (χ0v) is 10.7. The van der Waals surface area contributed by atoms with E-state index in [-0.39, 0.29) is 12.1 Å². The standard InChI is InChI=1S/C12H24N2O2/c1-8(10(13)9-6-5-7-9)14(11(15)16)12(2,3)4/h8-10H,5-7,13H2,1-4H3,(H,15,16)/t8-,10-/m0/s1. The molecule has 4 heteroatoms. The lowest BCUT2D eigenvalue weighted by molar-refractivity contribution is 0.0514. The summed E-state index contributed by atoms with van der Waals surface area (Å²) in [6, 6.07) is -0.160. The first kappa shape index (κ1) is 13.3. The van der Waals surface area contributed by atoms with Crippen molar-refractivity contribution in [2.24, 2.45) is 11.7 Å². The van der Waals surface area contributed by atoms with E-state index in [1.54, 1.807) is 0 Å². The molecule has 94 valence electrons. The van der Waals surface area contributed by atoms with Gasteiger partial charge in [-0.15, -0.1) is 0 Å². The normalized spacial score (nSPS) is 21.1. The molecule has 0 aromatic rings. The first-order valence-corrected chi connectivity index (χ1v) is 6.03. The molecule has 0 radical (unpaired) electrons. The van der Waals surface area contributed by atoms with E-state index in [4.69, 9.17) is 5.73 Å². The minimum Gasteiger partial charge on any atom is -0.465 e. The second-order valence-corrected chi connectivity index (χ2v) is 5.83. The number of carbonyl (C=O) groups is 1. The number of amides is 1. The van der Waals surface area contributed by atoms with Gasteiger partial charge in [-0.3, -0.25) is 4.90 Å². The van der Waals surface area contributed by atoms with Crippen LogP contribution in [-0.2, 0) is 0 Å². The predicted octanol–water partition coefficient (Wildman–Crippen LogP) is 2.28. The molecule has 0 aromatic heterocycles. The third kappa shape index (κ3) is 2.67. The summed E-state index contributed by atoms with van der Waals surface area (Å²) in [5.41, 5.74) is 5.76. The second kappa shape index (κ2) is 4.62. The molecule has 1 saturated carbocycles. The van der Waals surface area contributed by atoms with Crippen molar-refractivity contribution in [2.75, 3.05) is 0 Å². The van der Waals surface area contributed by atoms with E-state index >= 15 is 0 Å². The molecule has 0 saturated heterocycles. The van der Waals surface area contributed by atoms with Crippen LogP contribution in [0.25, 0.3) is 0 Å². The Morgan fingerprint density at radius 2 is 1.94 bits per heavy atom. The highest BCUT2D eigenvalue weighted by Crippen LogP contribution is 2.32. The lowest BCUT2D eigenvalue weighted by atomic mass is 9.77. The summed E-state index contributed by atoms with van der Waals surface area (Å²) < 4.78 is 0. The summed E-state index contributed by atoms with van der Waals surface area (Å²) in [4.78, 5) is 12.8. The van der Waals surface area contributed by atoms with E-state index in [0.717, 1.165) is 12.8 Å². The van der Waals surface area contributed by atoms with Crippen molar-refractivity contribution in [3.8, 4) is 0 Å². The molecule has 4 nitrogen and oxygen atoms in total. The third-order valence-corrected chi connectivity index (χ3v) is 3.59. The Morgan fingerprint density at radius 3 is 2.19 bits per heavy atom. The fourth-order valence-corrected chi connectivity index (χ4v) is 2.46. The molecule has 0 aliphatic heterocycles. The van der Waals surface area contributed by atoms with Gasteiger partial charge >= 0.3 is 6.09 Å². The van der Waals surface area contributed by atoms with Gasteiger partial charge < -0.3 is 10.8 Å². The van der Waals surface area contributed by atoms with Gasteiger partial charge in [0.05, 0.1) is 0 Å². The van der Waals surface area contributed by atoms with Crippen LogP contribution in [0.2, 0.25) is 0 Å². The monoisotopic (exact) mass is 228 g/mol. The third-order valence-electron chi connectivity index (χ3n) is 3.59. The molecule has 0 unspecified atom stereocenters. The van der Waals surface area contributed by atoms with Crippen molar-refractivity contribution >= 4 is 6.09 Å². The number of nitrogens with two attached hydrogens (primary N) is 1. The SMILES string of the molecule is C[C@@H]([C@H](N)C1CCC1)N(C(=O)O)C(C)(C)C. The molecule has 1 amide bonds. The second-order valence-electron chi connectivity index (χ2n) is 5.83. The Kier molecular flexibility index (Phi) is 3.84. The molecule has 0 spiro atoms. The fourth-order valence-electron chi connectivity index (χ4n) is 2.46. The zero-order valence-electron chi connectivity index (χ0n) is 10.7. The maximum atomic E-state index is 11.3. The first-order valence-electron chi connectivity index (χ1n) is 6.03. The Balaban J connectivity index is 2.73. The summed E-state index contributed by atoms with van der Waals surface area (Å²) in [5.74, 6) is 0.499. The van der Waals surface area contributed by atoms with Crippen LogP contribution in [0.4, 0.5) is 4.79 Å². The van der Waals surface area contributed by atoms with Crippen LogP contribution in [-0.4, -0.2) is 33.7 Å². The maximum absolute atomic E-state index is 11.3. The zero-order chi connectivity index (χ0) is 12.5. The van der Waals surface area contributed by atoms with Crippen molar-refractivity contribution in [2.45, 2.75) is 64.6 Å². The van der Waals surface area contributed by atoms with Crippen LogP contribution in [0.3, 0.4) is 0 Å². The molecule has 2 atom stereocenters. The van der Waals surface area contributed by atoms with Crippen molar-refractivity contribution in [3.05, 3.63) is 0 Å². The van der Waals surface area contributed by atoms with Gasteiger partial charge in [0, 0.05) is 17.6 Å². The number of hydrogen-bond donors (Lipinski definition) is 2. The molecule has 1 aliphatic carbocycles. The number of nitrogens with zero attached hydrogens (tertiary/aromatic N) is 1. The van der Waals surface area contributed by atoms with Crippen LogP contribution in [0.5, 0.6) is 0 Å². The van der Waals surface area contributed by atoms with Gasteiger partial charge in [-0.05, 0) is 46.5 Å². The Labute approximate surface area is 97.8 Å². The van der Waals surface area contributed by atoms with Gasteiger partial charge in [-0.2, -0.15) is 0 Å². The van der Waals surface area contributed by atoms with E-state index in [9.17, 15) is 9.90 Å². The van der Waals surface area contributed by atoms with Gasteiger partial charge in [0.1, 0.15) is 0 Å². The van der Waals surface area contributed by atoms with Crippen LogP contribution in [0, 0.1) is 5.92 Å². The van der Waals surface area contributed by atoms with Crippen LogP contribution >= 0.6 is 0 Å². The molecule has 1 aliphatic rings. The van der Waals surface area contributed by atoms with Gasteiger partial charge in [-0.1, -0.05) is 6.42 Å².